The van der Waals surface area contributed by atoms with Gasteiger partial charge < -0.3 is 16.0 Å². The fourth-order valence-corrected chi connectivity index (χ4v) is 2.01. The van der Waals surface area contributed by atoms with E-state index >= 15 is 0 Å². The molecular weight excluding hydrogens is 403 g/mol. The summed E-state index contributed by atoms with van der Waals surface area (Å²) in [5, 5.41) is 9.42. The van der Waals surface area contributed by atoms with E-state index in [0.717, 1.165) is 0 Å². The molecule has 5 nitrogen and oxygen atoms in total. The third-order valence-electron chi connectivity index (χ3n) is 3.53. The molecule has 1 amide bonds. The van der Waals surface area contributed by atoms with E-state index in [1.54, 1.807) is 7.05 Å². The van der Waals surface area contributed by atoms with E-state index < -0.39 is 5.41 Å². The maximum Gasteiger partial charge on any atom is 0.227 e. The molecule has 1 unspecified atom stereocenters. The van der Waals surface area contributed by atoms with Gasteiger partial charge in [-0.1, -0.05) is 30.3 Å². The van der Waals surface area contributed by atoms with E-state index in [9.17, 15) is 4.79 Å². The van der Waals surface area contributed by atoms with Crippen LogP contribution >= 0.6 is 24.0 Å². The molecule has 0 aromatic heterocycles. The fourth-order valence-electron chi connectivity index (χ4n) is 2.01. The number of guanidine groups is 1. The van der Waals surface area contributed by atoms with Gasteiger partial charge in [0.15, 0.2) is 5.96 Å². The van der Waals surface area contributed by atoms with Gasteiger partial charge in [0.1, 0.15) is 0 Å². The third kappa shape index (κ3) is 7.20. The number of carbonyl (C=O) groups is 1. The molecule has 1 rings (SSSR count). The summed E-state index contributed by atoms with van der Waals surface area (Å²) in [5.41, 5.74) is 0.692. The molecule has 0 aliphatic heterocycles. The average molecular weight is 432 g/mol. The SMILES string of the molecule is CCNC(=O)C(C)(C)CNC(=NC)NC(C)c1ccccc1.I. The number of amides is 1. The van der Waals surface area contributed by atoms with E-state index in [1.807, 2.05) is 39.0 Å². The highest BCUT2D eigenvalue weighted by Gasteiger charge is 2.27. The zero-order valence-corrected chi connectivity index (χ0v) is 17.0. The van der Waals surface area contributed by atoms with Gasteiger partial charge in [-0.15, -0.1) is 24.0 Å². The Morgan fingerprint density at radius 3 is 2.35 bits per heavy atom. The molecular formula is C17H29IN4O. The van der Waals surface area contributed by atoms with E-state index in [4.69, 9.17) is 0 Å². The predicted molar refractivity (Wildman–Crippen MR) is 107 cm³/mol. The molecule has 1 aromatic carbocycles. The van der Waals surface area contributed by atoms with Crippen LogP contribution in [0.2, 0.25) is 0 Å². The first-order chi connectivity index (χ1) is 10.4. The monoisotopic (exact) mass is 432 g/mol. The quantitative estimate of drug-likeness (QED) is 0.368. The van der Waals surface area contributed by atoms with E-state index in [2.05, 4.69) is 40.0 Å². The molecule has 1 atom stereocenters. The van der Waals surface area contributed by atoms with Gasteiger partial charge in [-0.05, 0) is 33.3 Å². The summed E-state index contributed by atoms with van der Waals surface area (Å²) in [6.45, 7) is 8.98. The highest BCUT2D eigenvalue weighted by atomic mass is 127. The van der Waals surface area contributed by atoms with Crippen molar-refractivity contribution in [2.24, 2.45) is 10.4 Å². The highest BCUT2D eigenvalue weighted by Crippen LogP contribution is 2.14. The zero-order valence-electron chi connectivity index (χ0n) is 14.6. The second-order valence-corrected chi connectivity index (χ2v) is 5.95. The Morgan fingerprint density at radius 1 is 1.22 bits per heavy atom. The van der Waals surface area contributed by atoms with Crippen LogP contribution in [0.4, 0.5) is 0 Å². The van der Waals surface area contributed by atoms with Crippen molar-refractivity contribution in [1.82, 2.24) is 16.0 Å². The van der Waals surface area contributed by atoms with Crippen LogP contribution in [0, 0.1) is 5.41 Å². The van der Waals surface area contributed by atoms with Gasteiger partial charge in [0, 0.05) is 20.1 Å². The van der Waals surface area contributed by atoms with Gasteiger partial charge in [-0.25, -0.2) is 0 Å². The molecule has 0 bridgehead atoms. The first kappa shape index (κ1) is 21.7. The Kier molecular flexibility index (Phi) is 9.87. The van der Waals surface area contributed by atoms with Crippen molar-refractivity contribution >= 4 is 35.8 Å². The van der Waals surface area contributed by atoms with E-state index in [1.165, 1.54) is 5.56 Å². The minimum absolute atomic E-state index is 0. The van der Waals surface area contributed by atoms with Gasteiger partial charge in [-0.3, -0.25) is 9.79 Å². The predicted octanol–water partition coefficient (Wildman–Crippen LogP) is 2.69. The first-order valence-electron chi connectivity index (χ1n) is 7.71. The van der Waals surface area contributed by atoms with Crippen LogP contribution in [0.3, 0.4) is 0 Å². The smallest absolute Gasteiger partial charge is 0.227 e. The number of nitrogens with zero attached hydrogens (tertiary/aromatic N) is 1. The van der Waals surface area contributed by atoms with Crippen molar-refractivity contribution in [3.05, 3.63) is 35.9 Å². The van der Waals surface area contributed by atoms with Crippen LogP contribution in [-0.4, -0.2) is 32.0 Å². The maximum absolute atomic E-state index is 12.0. The Labute approximate surface area is 156 Å². The number of rotatable bonds is 6. The number of hydrogen-bond acceptors (Lipinski definition) is 2. The fraction of sp³-hybridized carbons (Fsp3) is 0.529. The van der Waals surface area contributed by atoms with Gasteiger partial charge in [0.25, 0.3) is 0 Å². The molecule has 6 heteroatoms. The Bertz CT molecular complexity index is 503. The molecule has 0 aliphatic rings. The lowest BCUT2D eigenvalue weighted by Gasteiger charge is -2.26. The molecule has 23 heavy (non-hydrogen) atoms. The molecule has 0 spiro atoms. The Balaban J connectivity index is 0.00000484. The van der Waals surface area contributed by atoms with E-state index in [-0.39, 0.29) is 35.9 Å². The summed E-state index contributed by atoms with van der Waals surface area (Å²) in [6, 6.07) is 10.3. The second-order valence-electron chi connectivity index (χ2n) is 5.95. The van der Waals surface area contributed by atoms with Crippen LogP contribution in [0.5, 0.6) is 0 Å². The van der Waals surface area contributed by atoms with Crippen LogP contribution < -0.4 is 16.0 Å². The van der Waals surface area contributed by atoms with E-state index in [0.29, 0.717) is 19.0 Å². The van der Waals surface area contributed by atoms with Crippen LogP contribution in [0.15, 0.2) is 35.3 Å². The first-order valence-corrected chi connectivity index (χ1v) is 7.71. The maximum atomic E-state index is 12.0. The summed E-state index contributed by atoms with van der Waals surface area (Å²) < 4.78 is 0. The molecule has 0 aliphatic carbocycles. The number of benzene rings is 1. The molecule has 0 heterocycles. The molecule has 0 saturated heterocycles. The molecule has 0 saturated carbocycles. The summed E-state index contributed by atoms with van der Waals surface area (Å²) in [4.78, 5) is 16.2. The van der Waals surface area contributed by atoms with Gasteiger partial charge >= 0.3 is 0 Å². The summed E-state index contributed by atoms with van der Waals surface area (Å²) >= 11 is 0. The van der Waals surface area contributed by atoms with Crippen molar-refractivity contribution in [3.8, 4) is 0 Å². The largest absolute Gasteiger partial charge is 0.356 e. The lowest BCUT2D eigenvalue weighted by atomic mass is 9.92. The molecule has 130 valence electrons. The zero-order chi connectivity index (χ0) is 16.6. The van der Waals surface area contributed by atoms with Crippen molar-refractivity contribution < 1.29 is 4.79 Å². The molecule has 1 aromatic rings. The van der Waals surface area contributed by atoms with Crippen LogP contribution in [0.1, 0.15) is 39.3 Å². The van der Waals surface area contributed by atoms with Crippen molar-refractivity contribution in [2.75, 3.05) is 20.1 Å². The Hall–Kier alpha value is -1.31. The van der Waals surface area contributed by atoms with Crippen molar-refractivity contribution in [2.45, 2.75) is 33.7 Å². The van der Waals surface area contributed by atoms with Crippen LogP contribution in [0.25, 0.3) is 0 Å². The number of hydrogen-bond donors (Lipinski definition) is 3. The lowest BCUT2D eigenvalue weighted by Crippen LogP contribution is -2.48. The number of aliphatic imine (C=N–C) groups is 1. The van der Waals surface area contributed by atoms with Gasteiger partial charge in [0.05, 0.1) is 11.5 Å². The third-order valence-corrected chi connectivity index (χ3v) is 3.53. The van der Waals surface area contributed by atoms with Crippen molar-refractivity contribution in [3.63, 3.8) is 0 Å². The molecule has 0 fully saturated rings. The topological polar surface area (TPSA) is 65.5 Å². The number of halogens is 1. The number of nitrogens with one attached hydrogen (secondary N) is 3. The molecule has 0 radical (unpaired) electrons. The minimum atomic E-state index is -0.496. The average Bonchev–Trinajstić information content (AvgIpc) is 2.52. The molecule has 3 N–H and O–H groups in total. The summed E-state index contributed by atoms with van der Waals surface area (Å²) in [5.74, 6) is 0.725. The summed E-state index contributed by atoms with van der Waals surface area (Å²) in [7, 11) is 1.73. The highest BCUT2D eigenvalue weighted by molar-refractivity contribution is 14.0. The Morgan fingerprint density at radius 2 is 1.83 bits per heavy atom. The lowest BCUT2D eigenvalue weighted by molar-refractivity contribution is -0.128. The normalized spacial score (nSPS) is 12.8. The standard InChI is InChI=1S/C17H28N4O.HI/c1-6-19-15(22)17(3,4)12-20-16(18-5)21-13(2)14-10-8-7-9-11-14;/h7-11,13H,6,12H2,1-5H3,(H,19,22)(H2,18,20,21);1H. The van der Waals surface area contributed by atoms with Gasteiger partial charge in [0.2, 0.25) is 5.91 Å². The van der Waals surface area contributed by atoms with Crippen LogP contribution in [-0.2, 0) is 4.79 Å². The second kappa shape index (κ2) is 10.5. The summed E-state index contributed by atoms with van der Waals surface area (Å²) in [6.07, 6.45) is 0. The minimum Gasteiger partial charge on any atom is -0.356 e. The van der Waals surface area contributed by atoms with Gasteiger partial charge in [-0.2, -0.15) is 0 Å². The van der Waals surface area contributed by atoms with Crippen molar-refractivity contribution in [1.29, 1.82) is 0 Å². The number of carbonyl (C=O) groups excluding carboxylic acids is 1.